The van der Waals surface area contributed by atoms with Crippen LogP contribution >= 0.6 is 0 Å². The van der Waals surface area contributed by atoms with Crippen LogP contribution in [0.15, 0.2) is 42.5 Å². The number of aliphatic hydroxyl groups excluding tert-OH is 2. The Bertz CT molecular complexity index is 304. The van der Waals surface area contributed by atoms with Gasteiger partial charge in [0.2, 0.25) is 0 Å². The Labute approximate surface area is 97.2 Å². The zero-order chi connectivity index (χ0) is 11.8. The van der Waals surface area contributed by atoms with Crippen LogP contribution in [0.3, 0.4) is 0 Å². The summed E-state index contributed by atoms with van der Waals surface area (Å²) in [7, 11) is 0. The summed E-state index contributed by atoms with van der Waals surface area (Å²) in [5.41, 5.74) is 0.947. The highest BCUT2D eigenvalue weighted by Crippen LogP contribution is 2.16. The van der Waals surface area contributed by atoms with Gasteiger partial charge in [-0.15, -0.1) is 0 Å². The predicted molar refractivity (Wildman–Crippen MR) is 66.1 cm³/mol. The molecule has 0 spiro atoms. The summed E-state index contributed by atoms with van der Waals surface area (Å²) in [6, 6.07) is 9.64. The van der Waals surface area contributed by atoms with E-state index in [-0.39, 0.29) is 6.10 Å². The second kappa shape index (κ2) is 7.20. The normalized spacial score (nSPS) is 15.2. The van der Waals surface area contributed by atoms with Gasteiger partial charge in [-0.2, -0.15) is 0 Å². The first-order valence-corrected chi connectivity index (χ1v) is 5.76. The third-order valence-corrected chi connectivity index (χ3v) is 2.46. The summed E-state index contributed by atoms with van der Waals surface area (Å²) < 4.78 is 0. The fourth-order valence-corrected chi connectivity index (χ4v) is 1.49. The molecule has 0 aliphatic rings. The highest BCUT2D eigenvalue weighted by atomic mass is 16.3. The third-order valence-electron chi connectivity index (χ3n) is 2.46. The van der Waals surface area contributed by atoms with Crippen molar-refractivity contribution in [3.63, 3.8) is 0 Å². The van der Waals surface area contributed by atoms with E-state index in [0.29, 0.717) is 6.42 Å². The van der Waals surface area contributed by atoms with Crippen LogP contribution in [0, 0.1) is 0 Å². The van der Waals surface area contributed by atoms with Gasteiger partial charge in [-0.1, -0.05) is 42.5 Å². The van der Waals surface area contributed by atoms with Crippen molar-refractivity contribution in [2.75, 3.05) is 0 Å². The summed E-state index contributed by atoms with van der Waals surface area (Å²) in [6.45, 7) is 1.78. The number of benzene rings is 1. The number of hydrogen-bond acceptors (Lipinski definition) is 2. The Morgan fingerprint density at radius 2 is 1.81 bits per heavy atom. The molecule has 2 N–H and O–H groups in total. The van der Waals surface area contributed by atoms with Crippen LogP contribution in [0.25, 0.3) is 0 Å². The van der Waals surface area contributed by atoms with Crippen LogP contribution < -0.4 is 0 Å². The zero-order valence-electron chi connectivity index (χ0n) is 9.71. The first-order chi connectivity index (χ1) is 7.70. The van der Waals surface area contributed by atoms with Crippen molar-refractivity contribution >= 4 is 0 Å². The molecular formula is C14H20O2. The molecule has 1 aromatic rings. The molecule has 16 heavy (non-hydrogen) atoms. The van der Waals surface area contributed by atoms with Crippen LogP contribution in [0.5, 0.6) is 0 Å². The van der Waals surface area contributed by atoms with Gasteiger partial charge in [-0.25, -0.2) is 0 Å². The minimum Gasteiger partial charge on any atom is -0.393 e. The van der Waals surface area contributed by atoms with Crippen LogP contribution in [0.1, 0.15) is 37.9 Å². The molecule has 0 radical (unpaired) electrons. The maximum absolute atomic E-state index is 9.83. The standard InChI is InChI=1S/C14H20O2/c1-12(15)8-4-2-7-11-14(16)13-9-5-3-6-10-13/h2-3,5-7,9-10,12,14-16H,4,8,11H2,1H3/b7-2-/t12-,14-/m1/s1. The van der Waals surface area contributed by atoms with Crippen molar-refractivity contribution in [2.45, 2.75) is 38.4 Å². The Hall–Kier alpha value is -1.12. The molecule has 0 saturated carbocycles. The second-order valence-corrected chi connectivity index (χ2v) is 4.06. The summed E-state index contributed by atoms with van der Waals surface area (Å²) >= 11 is 0. The first-order valence-electron chi connectivity index (χ1n) is 5.76. The maximum Gasteiger partial charge on any atom is 0.0824 e. The number of allylic oxidation sites excluding steroid dienone is 1. The van der Waals surface area contributed by atoms with Crippen LogP contribution in [0.4, 0.5) is 0 Å². The van der Waals surface area contributed by atoms with Crippen LogP contribution in [0.2, 0.25) is 0 Å². The first kappa shape index (κ1) is 12.9. The molecule has 0 bridgehead atoms. The molecule has 88 valence electrons. The Kier molecular flexibility index (Phi) is 5.83. The quantitative estimate of drug-likeness (QED) is 0.724. The lowest BCUT2D eigenvalue weighted by Gasteiger charge is -2.07. The van der Waals surface area contributed by atoms with Gasteiger partial charge in [-0.05, 0) is 31.7 Å². The summed E-state index contributed by atoms with van der Waals surface area (Å²) in [4.78, 5) is 0. The van der Waals surface area contributed by atoms with Crippen molar-refractivity contribution < 1.29 is 10.2 Å². The molecular weight excluding hydrogens is 200 g/mol. The number of hydrogen-bond donors (Lipinski definition) is 2. The van der Waals surface area contributed by atoms with Gasteiger partial charge in [0.05, 0.1) is 12.2 Å². The molecule has 0 unspecified atom stereocenters. The van der Waals surface area contributed by atoms with E-state index in [4.69, 9.17) is 5.11 Å². The van der Waals surface area contributed by atoms with E-state index in [1.165, 1.54) is 0 Å². The molecule has 0 aliphatic carbocycles. The van der Waals surface area contributed by atoms with Gasteiger partial charge in [0.25, 0.3) is 0 Å². The fourth-order valence-electron chi connectivity index (χ4n) is 1.49. The van der Waals surface area contributed by atoms with Gasteiger partial charge in [0.15, 0.2) is 0 Å². The SMILES string of the molecule is C[C@@H](O)CC/C=C\C[C@@H](O)c1ccccc1. The molecule has 0 aliphatic heterocycles. The smallest absolute Gasteiger partial charge is 0.0824 e. The van der Waals surface area contributed by atoms with Crippen LogP contribution in [-0.2, 0) is 0 Å². The van der Waals surface area contributed by atoms with Gasteiger partial charge in [-0.3, -0.25) is 0 Å². The topological polar surface area (TPSA) is 40.5 Å². The van der Waals surface area contributed by atoms with Gasteiger partial charge < -0.3 is 10.2 Å². The number of aliphatic hydroxyl groups is 2. The van der Waals surface area contributed by atoms with E-state index in [1.807, 2.05) is 42.5 Å². The van der Waals surface area contributed by atoms with E-state index in [9.17, 15) is 5.11 Å². The molecule has 0 fully saturated rings. The van der Waals surface area contributed by atoms with Crippen molar-refractivity contribution in [3.8, 4) is 0 Å². The molecule has 0 saturated heterocycles. The predicted octanol–water partition coefficient (Wildman–Crippen LogP) is 2.83. The average Bonchev–Trinajstić information content (AvgIpc) is 2.29. The largest absolute Gasteiger partial charge is 0.393 e. The second-order valence-electron chi connectivity index (χ2n) is 4.06. The lowest BCUT2D eigenvalue weighted by atomic mass is 10.1. The van der Waals surface area contributed by atoms with E-state index in [2.05, 4.69) is 0 Å². The van der Waals surface area contributed by atoms with E-state index in [1.54, 1.807) is 6.92 Å². The summed E-state index contributed by atoms with van der Waals surface area (Å²) in [5.74, 6) is 0. The number of rotatable bonds is 6. The molecule has 1 aromatic carbocycles. The Morgan fingerprint density at radius 3 is 2.44 bits per heavy atom. The van der Waals surface area contributed by atoms with Gasteiger partial charge >= 0.3 is 0 Å². The molecule has 0 heterocycles. The Balaban J connectivity index is 2.27. The van der Waals surface area contributed by atoms with Crippen molar-refractivity contribution in [3.05, 3.63) is 48.0 Å². The lowest BCUT2D eigenvalue weighted by Crippen LogP contribution is -1.97. The third kappa shape index (κ3) is 5.10. The van der Waals surface area contributed by atoms with Crippen molar-refractivity contribution in [1.29, 1.82) is 0 Å². The monoisotopic (exact) mass is 220 g/mol. The summed E-state index contributed by atoms with van der Waals surface area (Å²) in [5, 5.41) is 18.9. The van der Waals surface area contributed by atoms with Gasteiger partial charge in [0.1, 0.15) is 0 Å². The molecule has 1 rings (SSSR count). The fraction of sp³-hybridized carbons (Fsp3) is 0.429. The van der Waals surface area contributed by atoms with E-state index < -0.39 is 6.10 Å². The zero-order valence-corrected chi connectivity index (χ0v) is 9.71. The minimum atomic E-state index is -0.427. The minimum absolute atomic E-state index is 0.247. The molecule has 2 atom stereocenters. The molecule has 2 heteroatoms. The van der Waals surface area contributed by atoms with Crippen molar-refractivity contribution in [1.82, 2.24) is 0 Å². The van der Waals surface area contributed by atoms with Gasteiger partial charge in [0, 0.05) is 0 Å². The van der Waals surface area contributed by atoms with E-state index in [0.717, 1.165) is 18.4 Å². The van der Waals surface area contributed by atoms with Crippen molar-refractivity contribution in [2.24, 2.45) is 0 Å². The highest BCUT2D eigenvalue weighted by Gasteiger charge is 2.03. The average molecular weight is 220 g/mol. The molecule has 0 amide bonds. The highest BCUT2D eigenvalue weighted by molar-refractivity contribution is 5.17. The molecule has 2 nitrogen and oxygen atoms in total. The van der Waals surface area contributed by atoms with E-state index >= 15 is 0 Å². The molecule has 0 aromatic heterocycles. The maximum atomic E-state index is 9.83. The Morgan fingerprint density at radius 1 is 1.12 bits per heavy atom. The lowest BCUT2D eigenvalue weighted by molar-refractivity contribution is 0.181. The summed E-state index contributed by atoms with van der Waals surface area (Å²) in [6.07, 6.45) is 5.58. The van der Waals surface area contributed by atoms with Crippen LogP contribution in [-0.4, -0.2) is 16.3 Å².